The second-order valence-electron chi connectivity index (χ2n) is 6.89. The van der Waals surface area contributed by atoms with E-state index in [4.69, 9.17) is 9.15 Å². The van der Waals surface area contributed by atoms with Gasteiger partial charge < -0.3 is 19.6 Å². The third-order valence-electron chi connectivity index (χ3n) is 4.65. The molecule has 7 heteroatoms. The lowest BCUT2D eigenvalue weighted by Crippen LogP contribution is -2.42. The number of rotatable bonds is 9. The Morgan fingerprint density at radius 1 is 1.13 bits per heavy atom. The summed E-state index contributed by atoms with van der Waals surface area (Å²) in [5.41, 5.74) is 1.48. The highest BCUT2D eigenvalue weighted by Crippen LogP contribution is 2.29. The molecule has 0 radical (unpaired) electrons. The molecule has 3 rings (SSSR count). The van der Waals surface area contributed by atoms with Gasteiger partial charge in [0.05, 0.1) is 0 Å². The van der Waals surface area contributed by atoms with Gasteiger partial charge in [0.2, 0.25) is 0 Å². The largest absolute Gasteiger partial charge is 0.484 e. The maximum atomic E-state index is 12.1. The molecule has 0 saturated carbocycles. The Morgan fingerprint density at radius 3 is 2.60 bits per heavy atom. The number of carbonyl (C=O) groups is 2. The van der Waals surface area contributed by atoms with Crippen LogP contribution in [-0.2, 0) is 9.59 Å². The molecule has 1 unspecified atom stereocenters. The summed E-state index contributed by atoms with van der Waals surface area (Å²) in [5.74, 6) is -1.26. The number of hydrogen-bond acceptors (Lipinski definition) is 5. The minimum absolute atomic E-state index is 0.339. The number of carboxylic acids is 1. The van der Waals surface area contributed by atoms with Crippen LogP contribution >= 0.6 is 0 Å². The highest BCUT2D eigenvalue weighted by molar-refractivity contribution is 5.93. The maximum absolute atomic E-state index is 12.1. The Morgan fingerprint density at radius 2 is 1.90 bits per heavy atom. The normalized spacial score (nSPS) is 11.8. The van der Waals surface area contributed by atoms with E-state index < -0.39 is 23.5 Å². The summed E-state index contributed by atoms with van der Waals surface area (Å²) in [6.07, 6.45) is 1.90. The lowest BCUT2D eigenvalue weighted by Gasteiger charge is -2.14. The zero-order valence-electron chi connectivity index (χ0n) is 16.6. The van der Waals surface area contributed by atoms with E-state index in [0.29, 0.717) is 24.2 Å². The summed E-state index contributed by atoms with van der Waals surface area (Å²) in [4.78, 5) is 35.3. The van der Waals surface area contributed by atoms with E-state index in [2.05, 4.69) is 5.32 Å². The van der Waals surface area contributed by atoms with E-state index in [-0.39, 0.29) is 6.61 Å². The Kier molecular flexibility index (Phi) is 6.85. The van der Waals surface area contributed by atoms with Crippen LogP contribution in [0.15, 0.2) is 63.8 Å². The van der Waals surface area contributed by atoms with Gasteiger partial charge in [-0.2, -0.15) is 0 Å². The Bertz CT molecular complexity index is 1090. The molecule has 1 atom stereocenters. The molecule has 0 aliphatic rings. The minimum atomic E-state index is -1.07. The van der Waals surface area contributed by atoms with Crippen molar-refractivity contribution in [1.82, 2.24) is 5.32 Å². The molecule has 0 bridgehead atoms. The summed E-state index contributed by atoms with van der Waals surface area (Å²) in [5, 5.41) is 12.4. The average Bonchev–Trinajstić information content (AvgIpc) is 2.74. The lowest BCUT2D eigenvalue weighted by molar-refractivity contribution is -0.142. The topological polar surface area (TPSA) is 106 Å². The predicted molar refractivity (Wildman–Crippen MR) is 113 cm³/mol. The molecule has 0 saturated heterocycles. The fourth-order valence-corrected chi connectivity index (χ4v) is 3.14. The SMILES string of the molecule is CCCCC(NC(=O)COc1ccc2c(-c3ccccc3)cc(=O)oc2c1)C(=O)O. The van der Waals surface area contributed by atoms with Crippen molar-refractivity contribution in [2.75, 3.05) is 6.61 Å². The van der Waals surface area contributed by atoms with Crippen molar-refractivity contribution in [1.29, 1.82) is 0 Å². The monoisotopic (exact) mass is 409 g/mol. The molecule has 7 nitrogen and oxygen atoms in total. The summed E-state index contributed by atoms with van der Waals surface area (Å²) in [6.45, 7) is 1.61. The van der Waals surface area contributed by atoms with Crippen LogP contribution in [0.3, 0.4) is 0 Å². The lowest BCUT2D eigenvalue weighted by atomic mass is 10.0. The summed E-state index contributed by atoms with van der Waals surface area (Å²) < 4.78 is 10.8. The molecule has 3 aromatic rings. The van der Waals surface area contributed by atoms with E-state index in [1.807, 2.05) is 37.3 Å². The number of fused-ring (bicyclic) bond motifs is 1. The van der Waals surface area contributed by atoms with Crippen molar-refractivity contribution < 1.29 is 23.8 Å². The van der Waals surface area contributed by atoms with Crippen molar-refractivity contribution in [2.45, 2.75) is 32.2 Å². The standard InChI is InChI=1S/C23H23NO6/c1-2-3-9-19(23(27)28)24-21(25)14-29-16-10-11-17-18(15-7-5-4-6-8-15)13-22(26)30-20(17)12-16/h4-8,10-13,19H,2-3,9,14H2,1H3,(H,24,25)(H,27,28). The first-order valence-corrected chi connectivity index (χ1v) is 9.76. The van der Waals surface area contributed by atoms with Gasteiger partial charge in [-0.15, -0.1) is 0 Å². The number of unbranched alkanes of at least 4 members (excludes halogenated alkanes) is 1. The molecule has 156 valence electrons. The van der Waals surface area contributed by atoms with E-state index >= 15 is 0 Å². The molecule has 30 heavy (non-hydrogen) atoms. The molecule has 0 spiro atoms. The first kappa shape index (κ1) is 21.1. The van der Waals surface area contributed by atoms with Crippen LogP contribution in [0.4, 0.5) is 0 Å². The Balaban J connectivity index is 1.74. The fraction of sp³-hybridized carbons (Fsp3) is 0.261. The first-order chi connectivity index (χ1) is 14.5. The Hall–Kier alpha value is -3.61. The third-order valence-corrected chi connectivity index (χ3v) is 4.65. The van der Waals surface area contributed by atoms with Crippen LogP contribution in [0.2, 0.25) is 0 Å². The number of benzene rings is 2. The third kappa shape index (κ3) is 5.26. The van der Waals surface area contributed by atoms with Crippen LogP contribution in [-0.4, -0.2) is 29.6 Å². The molecule has 0 fully saturated rings. The highest BCUT2D eigenvalue weighted by atomic mass is 16.5. The van der Waals surface area contributed by atoms with Gasteiger partial charge in [-0.3, -0.25) is 4.79 Å². The van der Waals surface area contributed by atoms with Gasteiger partial charge in [0, 0.05) is 17.5 Å². The second kappa shape index (κ2) is 9.73. The van der Waals surface area contributed by atoms with Crippen LogP contribution in [0.25, 0.3) is 22.1 Å². The van der Waals surface area contributed by atoms with E-state index in [9.17, 15) is 19.5 Å². The Labute approximate surface area is 173 Å². The molecule has 0 aliphatic heterocycles. The van der Waals surface area contributed by atoms with E-state index in [1.165, 1.54) is 6.07 Å². The molecule has 0 aliphatic carbocycles. The highest BCUT2D eigenvalue weighted by Gasteiger charge is 2.19. The summed E-state index contributed by atoms with van der Waals surface area (Å²) >= 11 is 0. The zero-order chi connectivity index (χ0) is 21.5. The average molecular weight is 409 g/mol. The van der Waals surface area contributed by atoms with E-state index in [0.717, 1.165) is 22.9 Å². The number of nitrogens with one attached hydrogen (secondary N) is 1. The van der Waals surface area contributed by atoms with E-state index in [1.54, 1.807) is 18.2 Å². The predicted octanol–water partition coefficient (Wildman–Crippen LogP) is 3.60. The van der Waals surface area contributed by atoms with Crippen molar-refractivity contribution in [3.8, 4) is 16.9 Å². The summed E-state index contributed by atoms with van der Waals surface area (Å²) in [7, 11) is 0. The van der Waals surface area contributed by atoms with Gasteiger partial charge in [0.25, 0.3) is 5.91 Å². The molecule has 1 aromatic heterocycles. The van der Waals surface area contributed by atoms with Gasteiger partial charge in [0.1, 0.15) is 17.4 Å². The van der Waals surface area contributed by atoms with Gasteiger partial charge in [0.15, 0.2) is 6.61 Å². The van der Waals surface area contributed by atoms with Crippen molar-refractivity contribution >= 4 is 22.8 Å². The molecule has 1 heterocycles. The van der Waals surface area contributed by atoms with Gasteiger partial charge in [-0.25, -0.2) is 9.59 Å². The van der Waals surface area contributed by atoms with Gasteiger partial charge in [-0.1, -0.05) is 50.1 Å². The number of carbonyl (C=O) groups excluding carboxylic acids is 1. The second-order valence-corrected chi connectivity index (χ2v) is 6.89. The number of carboxylic acid groups (broad SMARTS) is 1. The summed E-state index contributed by atoms with van der Waals surface area (Å²) in [6, 6.07) is 14.9. The maximum Gasteiger partial charge on any atom is 0.336 e. The molecule has 1 amide bonds. The van der Waals surface area contributed by atoms with Crippen LogP contribution in [0.1, 0.15) is 26.2 Å². The zero-order valence-corrected chi connectivity index (χ0v) is 16.6. The fourth-order valence-electron chi connectivity index (χ4n) is 3.14. The number of amides is 1. The molecule has 2 aromatic carbocycles. The quantitative estimate of drug-likeness (QED) is 0.523. The molecular weight excluding hydrogens is 386 g/mol. The first-order valence-electron chi connectivity index (χ1n) is 9.76. The van der Waals surface area contributed by atoms with Gasteiger partial charge in [-0.05, 0) is 29.7 Å². The number of ether oxygens (including phenoxy) is 1. The number of aliphatic carboxylic acids is 1. The van der Waals surface area contributed by atoms with Crippen LogP contribution < -0.4 is 15.7 Å². The smallest absolute Gasteiger partial charge is 0.336 e. The van der Waals surface area contributed by atoms with Crippen molar-refractivity contribution in [3.63, 3.8) is 0 Å². The van der Waals surface area contributed by atoms with Crippen LogP contribution in [0.5, 0.6) is 5.75 Å². The van der Waals surface area contributed by atoms with Crippen molar-refractivity contribution in [3.05, 3.63) is 65.0 Å². The van der Waals surface area contributed by atoms with Crippen LogP contribution in [0, 0.1) is 0 Å². The minimum Gasteiger partial charge on any atom is -0.484 e. The van der Waals surface area contributed by atoms with Gasteiger partial charge >= 0.3 is 11.6 Å². The van der Waals surface area contributed by atoms with Crippen molar-refractivity contribution in [2.24, 2.45) is 0 Å². The molecule has 2 N–H and O–H groups in total. The number of hydrogen-bond donors (Lipinski definition) is 2. The molecular formula is C23H23NO6.